The molecule has 0 aromatic heterocycles. The summed E-state index contributed by atoms with van der Waals surface area (Å²) in [5, 5.41) is 3.46. The summed E-state index contributed by atoms with van der Waals surface area (Å²) in [6.45, 7) is 2.32. The van der Waals surface area contributed by atoms with Gasteiger partial charge in [0.2, 0.25) is 0 Å². The minimum Gasteiger partial charge on any atom is -0.496 e. The van der Waals surface area contributed by atoms with Crippen molar-refractivity contribution in [2.45, 2.75) is 38.1 Å². The van der Waals surface area contributed by atoms with Gasteiger partial charge in [-0.15, -0.1) is 0 Å². The zero-order chi connectivity index (χ0) is 13.2. The number of anilines is 1. The van der Waals surface area contributed by atoms with Crippen LogP contribution in [0, 0.1) is 0 Å². The maximum atomic E-state index is 5.57. The summed E-state index contributed by atoms with van der Waals surface area (Å²) in [7, 11) is 4.04. The van der Waals surface area contributed by atoms with Gasteiger partial charge in [0.25, 0.3) is 0 Å². The third kappa shape index (κ3) is 2.57. The minimum absolute atomic E-state index is 0.755. The molecule has 3 heteroatoms. The first-order valence-electron chi connectivity index (χ1n) is 7.42. The molecule has 1 aromatic carbocycles. The van der Waals surface area contributed by atoms with Crippen molar-refractivity contribution in [2.24, 2.45) is 0 Å². The lowest BCUT2D eigenvalue weighted by atomic mass is 10.0. The van der Waals surface area contributed by atoms with E-state index < -0.39 is 0 Å². The van der Waals surface area contributed by atoms with Gasteiger partial charge in [-0.1, -0.05) is 0 Å². The SMILES string of the molecule is COc1cc2c(cc1CCC1CCCN1C)NCC2. The molecule has 1 atom stereocenters. The van der Waals surface area contributed by atoms with Crippen LogP contribution in [0.3, 0.4) is 0 Å². The van der Waals surface area contributed by atoms with Crippen LogP contribution in [0.25, 0.3) is 0 Å². The zero-order valence-electron chi connectivity index (χ0n) is 12.0. The van der Waals surface area contributed by atoms with E-state index >= 15 is 0 Å². The molecule has 1 N–H and O–H groups in total. The molecule has 1 saturated heterocycles. The van der Waals surface area contributed by atoms with Gasteiger partial charge < -0.3 is 15.0 Å². The van der Waals surface area contributed by atoms with Crippen molar-refractivity contribution in [3.63, 3.8) is 0 Å². The van der Waals surface area contributed by atoms with Crippen molar-refractivity contribution >= 4 is 5.69 Å². The number of hydrogen-bond donors (Lipinski definition) is 1. The maximum Gasteiger partial charge on any atom is 0.122 e. The third-order valence-corrected chi connectivity index (χ3v) is 4.63. The van der Waals surface area contributed by atoms with Crippen molar-refractivity contribution in [3.8, 4) is 5.75 Å². The monoisotopic (exact) mass is 260 g/mol. The second kappa shape index (κ2) is 5.41. The summed E-state index contributed by atoms with van der Waals surface area (Å²) >= 11 is 0. The average molecular weight is 260 g/mol. The Hall–Kier alpha value is -1.22. The summed E-state index contributed by atoms with van der Waals surface area (Å²) < 4.78 is 5.57. The summed E-state index contributed by atoms with van der Waals surface area (Å²) in [4.78, 5) is 2.50. The van der Waals surface area contributed by atoms with Crippen LogP contribution in [0.15, 0.2) is 12.1 Å². The minimum atomic E-state index is 0.755. The Balaban J connectivity index is 1.72. The van der Waals surface area contributed by atoms with E-state index in [-0.39, 0.29) is 0 Å². The molecule has 1 aromatic rings. The molecule has 0 bridgehead atoms. The topological polar surface area (TPSA) is 24.5 Å². The third-order valence-electron chi connectivity index (χ3n) is 4.63. The molecule has 0 saturated carbocycles. The average Bonchev–Trinajstić information content (AvgIpc) is 3.03. The van der Waals surface area contributed by atoms with E-state index in [0.29, 0.717) is 0 Å². The van der Waals surface area contributed by atoms with E-state index in [0.717, 1.165) is 31.2 Å². The van der Waals surface area contributed by atoms with Gasteiger partial charge >= 0.3 is 0 Å². The molecule has 2 aliphatic rings. The first-order valence-corrected chi connectivity index (χ1v) is 7.42. The fourth-order valence-corrected chi connectivity index (χ4v) is 3.42. The molecular weight excluding hydrogens is 236 g/mol. The summed E-state index contributed by atoms with van der Waals surface area (Å²) in [6, 6.07) is 5.28. The first-order chi connectivity index (χ1) is 9.28. The molecule has 0 aliphatic carbocycles. The number of likely N-dealkylation sites (tertiary alicyclic amines) is 1. The number of rotatable bonds is 4. The van der Waals surface area contributed by atoms with Crippen LogP contribution in [0.4, 0.5) is 5.69 Å². The Morgan fingerprint density at radius 2 is 2.32 bits per heavy atom. The van der Waals surface area contributed by atoms with Crippen molar-refractivity contribution in [1.29, 1.82) is 0 Å². The number of methoxy groups -OCH3 is 1. The highest BCUT2D eigenvalue weighted by Crippen LogP contribution is 2.32. The number of nitrogens with zero attached hydrogens (tertiary/aromatic N) is 1. The Labute approximate surface area is 115 Å². The fraction of sp³-hybridized carbons (Fsp3) is 0.625. The van der Waals surface area contributed by atoms with E-state index in [9.17, 15) is 0 Å². The molecular formula is C16H24N2O. The van der Waals surface area contributed by atoms with Gasteiger partial charge in [0, 0.05) is 18.3 Å². The number of nitrogens with one attached hydrogen (secondary N) is 1. The molecule has 1 fully saturated rings. The van der Waals surface area contributed by atoms with Crippen LogP contribution in [-0.2, 0) is 12.8 Å². The van der Waals surface area contributed by atoms with E-state index in [1.54, 1.807) is 7.11 Å². The molecule has 104 valence electrons. The van der Waals surface area contributed by atoms with Crippen molar-refractivity contribution < 1.29 is 4.74 Å². The Kier molecular flexibility index (Phi) is 3.65. The molecule has 2 heterocycles. The number of aryl methyl sites for hydroxylation is 1. The van der Waals surface area contributed by atoms with Gasteiger partial charge in [0.15, 0.2) is 0 Å². The van der Waals surface area contributed by atoms with Crippen molar-refractivity contribution in [1.82, 2.24) is 4.90 Å². The van der Waals surface area contributed by atoms with Crippen LogP contribution in [0.1, 0.15) is 30.4 Å². The van der Waals surface area contributed by atoms with Crippen molar-refractivity contribution in [2.75, 3.05) is 32.6 Å². The number of benzene rings is 1. The van der Waals surface area contributed by atoms with Crippen LogP contribution in [0.5, 0.6) is 5.75 Å². The van der Waals surface area contributed by atoms with Gasteiger partial charge in [-0.05, 0) is 69.0 Å². The Bertz CT molecular complexity index is 458. The van der Waals surface area contributed by atoms with Gasteiger partial charge in [-0.3, -0.25) is 0 Å². The lowest BCUT2D eigenvalue weighted by molar-refractivity contribution is 0.295. The highest BCUT2D eigenvalue weighted by molar-refractivity contribution is 5.61. The fourth-order valence-electron chi connectivity index (χ4n) is 3.42. The van der Waals surface area contributed by atoms with Gasteiger partial charge in [0.05, 0.1) is 7.11 Å². The zero-order valence-corrected chi connectivity index (χ0v) is 12.0. The lowest BCUT2D eigenvalue weighted by Gasteiger charge is -2.20. The summed E-state index contributed by atoms with van der Waals surface area (Å²) in [5.74, 6) is 1.07. The highest BCUT2D eigenvalue weighted by atomic mass is 16.5. The molecule has 0 radical (unpaired) electrons. The Morgan fingerprint density at radius 1 is 1.42 bits per heavy atom. The number of fused-ring (bicyclic) bond motifs is 1. The quantitative estimate of drug-likeness (QED) is 0.901. The van der Waals surface area contributed by atoms with Gasteiger partial charge in [-0.25, -0.2) is 0 Å². The number of ether oxygens (including phenoxy) is 1. The van der Waals surface area contributed by atoms with Crippen LogP contribution < -0.4 is 10.1 Å². The largest absolute Gasteiger partial charge is 0.496 e. The second-order valence-electron chi connectivity index (χ2n) is 5.81. The number of hydrogen-bond acceptors (Lipinski definition) is 3. The van der Waals surface area contributed by atoms with E-state index in [1.807, 2.05) is 0 Å². The molecule has 0 amide bonds. The van der Waals surface area contributed by atoms with E-state index in [2.05, 4.69) is 29.4 Å². The van der Waals surface area contributed by atoms with E-state index in [1.165, 1.54) is 42.6 Å². The standard InChI is InChI=1S/C16H24N2O/c1-18-9-3-4-14(18)6-5-13-10-15-12(7-8-17-15)11-16(13)19-2/h10-11,14,17H,3-9H2,1-2H3. The molecule has 3 nitrogen and oxygen atoms in total. The van der Waals surface area contributed by atoms with Gasteiger partial charge in [-0.2, -0.15) is 0 Å². The first kappa shape index (κ1) is 12.8. The second-order valence-corrected chi connectivity index (χ2v) is 5.81. The summed E-state index contributed by atoms with van der Waals surface area (Å²) in [5.41, 5.74) is 4.07. The molecule has 19 heavy (non-hydrogen) atoms. The predicted molar refractivity (Wildman–Crippen MR) is 79.2 cm³/mol. The van der Waals surface area contributed by atoms with Gasteiger partial charge in [0.1, 0.15) is 5.75 Å². The lowest BCUT2D eigenvalue weighted by Crippen LogP contribution is -2.25. The highest BCUT2D eigenvalue weighted by Gasteiger charge is 2.21. The molecule has 1 unspecified atom stereocenters. The smallest absolute Gasteiger partial charge is 0.122 e. The normalized spacial score (nSPS) is 22.3. The molecule has 0 spiro atoms. The summed E-state index contributed by atoms with van der Waals surface area (Å²) in [6.07, 6.45) is 6.18. The molecule has 2 aliphatic heterocycles. The Morgan fingerprint density at radius 3 is 3.05 bits per heavy atom. The van der Waals surface area contributed by atoms with Crippen LogP contribution in [0.2, 0.25) is 0 Å². The maximum absolute atomic E-state index is 5.57. The van der Waals surface area contributed by atoms with Crippen LogP contribution in [-0.4, -0.2) is 38.2 Å². The predicted octanol–water partition coefficient (Wildman–Crippen LogP) is 2.69. The van der Waals surface area contributed by atoms with Crippen molar-refractivity contribution in [3.05, 3.63) is 23.3 Å². The van der Waals surface area contributed by atoms with E-state index in [4.69, 9.17) is 4.74 Å². The molecule has 3 rings (SSSR count). The van der Waals surface area contributed by atoms with Crippen LogP contribution >= 0.6 is 0 Å².